The largest absolute Gasteiger partial charge is 0.420 e. The first-order valence-electron chi connectivity index (χ1n) is 28.4. The molecule has 2 saturated heterocycles. The quantitative estimate of drug-likeness (QED) is 0.0214. The number of carbonyl (C=O) groups excluding carboxylic acids is 1. The molecule has 1 aromatic carbocycles. The van der Waals surface area contributed by atoms with E-state index in [1.54, 1.807) is 17.8 Å². The number of anilines is 1. The molecule has 4 aliphatic rings. The molecule has 32 heteroatoms. The lowest BCUT2D eigenvalue weighted by molar-refractivity contribution is -0.136. The standard InChI is InChI=1S/C53H78F3N8O20P/c1-37-58-49(41-31-57-64(50(41)59-37)51-46(66)48(67)53(84-51)30-44(53)82-36-85(68,69)70)62-34-52(35-62)5-2-40(3-6-52)81-27-26-79-23-22-77-20-21-78-24-25-80-33-39-32-63(61-60-39)7-9-72-11-13-74-15-17-76-19-18-75-16-14-73-12-10-71-8-4-45(65)83-47-42(55)28-38(54)29-43(47)56/h28-29,31-32,40,44,46,48,51,66-67H,2-27,30,33-36H2,1H3,(H2,68,69,70)/t44-,46+,48-,51+,53?/m0/s1. The highest BCUT2D eigenvalue weighted by atomic mass is 31.2. The number of aliphatic hydroxyl groups excluding tert-OH is 2. The van der Waals surface area contributed by atoms with Gasteiger partial charge in [0.15, 0.2) is 23.5 Å². The van der Waals surface area contributed by atoms with Crippen molar-refractivity contribution >= 4 is 30.4 Å². The van der Waals surface area contributed by atoms with Gasteiger partial charge >= 0.3 is 13.6 Å². The molecular formula is C53H78F3N8O20P. The Balaban J connectivity index is 0.538. The molecule has 0 radical (unpaired) electrons. The molecule has 5 atom stereocenters. The highest BCUT2D eigenvalue weighted by molar-refractivity contribution is 7.51. The van der Waals surface area contributed by atoms with E-state index >= 15 is 0 Å². The Morgan fingerprint density at radius 2 is 1.27 bits per heavy atom. The lowest BCUT2D eigenvalue weighted by atomic mass is 9.68. The molecule has 2 aliphatic heterocycles. The number of aryl methyl sites for hydroxylation is 1. The van der Waals surface area contributed by atoms with Gasteiger partial charge in [-0.1, -0.05) is 5.21 Å². The SMILES string of the molecule is Cc1nc(N2CC3(CCC(OCCOCCOCCOCCOCc4cn(CCOCCOCCOCCOCCOCCOCCC(=O)Oc5c(F)cc(F)cc5F)nn4)CC3)C2)c2cnn([C@@H]3OC4(C[C@@H]4OCP(=O)(O)O)[C@@H](O)[C@H]3O)c2n1. The molecule has 85 heavy (non-hydrogen) atoms. The van der Waals surface area contributed by atoms with Crippen LogP contribution in [0.15, 0.2) is 24.5 Å². The molecule has 1 unspecified atom stereocenters. The number of carbonyl (C=O) groups is 1. The van der Waals surface area contributed by atoms with E-state index in [1.807, 2.05) is 6.20 Å². The summed E-state index contributed by atoms with van der Waals surface area (Å²) in [7, 11) is -4.43. The van der Waals surface area contributed by atoms with Gasteiger partial charge in [0.05, 0.1) is 182 Å². The molecule has 0 bridgehead atoms. The van der Waals surface area contributed by atoms with Crippen molar-refractivity contribution in [3.8, 4) is 5.75 Å². The minimum absolute atomic E-state index is 0.0506. The van der Waals surface area contributed by atoms with Crippen molar-refractivity contribution in [1.29, 1.82) is 0 Å². The van der Waals surface area contributed by atoms with E-state index in [4.69, 9.17) is 66.6 Å². The first-order valence-corrected chi connectivity index (χ1v) is 30.2. The number of nitrogens with zero attached hydrogens (tertiary/aromatic N) is 8. The van der Waals surface area contributed by atoms with Gasteiger partial charge in [0, 0.05) is 37.1 Å². The van der Waals surface area contributed by atoms with Crippen molar-refractivity contribution in [3.05, 3.63) is 53.5 Å². The smallest absolute Gasteiger partial charge is 0.350 e. The van der Waals surface area contributed by atoms with Gasteiger partial charge < -0.3 is 91.2 Å². The molecule has 4 fully saturated rings. The Kier molecular flexibility index (Phi) is 26.0. The van der Waals surface area contributed by atoms with Crippen molar-refractivity contribution in [1.82, 2.24) is 34.7 Å². The molecule has 5 heterocycles. The fraction of sp³-hybridized carbons (Fsp3) is 0.736. The van der Waals surface area contributed by atoms with Crippen LogP contribution < -0.4 is 9.64 Å². The first kappa shape index (κ1) is 66.5. The van der Waals surface area contributed by atoms with Crippen LogP contribution in [0.1, 0.15) is 56.3 Å². The van der Waals surface area contributed by atoms with Crippen molar-refractivity contribution in [2.24, 2.45) is 5.41 Å². The summed E-state index contributed by atoms with van der Waals surface area (Å²) in [6, 6.07) is 0.842. The minimum atomic E-state index is -4.43. The van der Waals surface area contributed by atoms with Gasteiger partial charge in [-0.15, -0.1) is 5.10 Å². The maximum Gasteiger partial charge on any atom is 0.350 e. The second-order valence-electron chi connectivity index (χ2n) is 20.9. The zero-order valence-electron chi connectivity index (χ0n) is 47.6. The van der Waals surface area contributed by atoms with Crippen molar-refractivity contribution in [2.45, 2.75) is 94.8 Å². The third-order valence-corrected chi connectivity index (χ3v) is 14.9. The summed E-state index contributed by atoms with van der Waals surface area (Å²) in [6.07, 6.45) is 2.10. The maximum absolute atomic E-state index is 13.6. The Bertz CT molecular complexity index is 2700. The summed E-state index contributed by atoms with van der Waals surface area (Å²) < 4.78 is 132. The Hall–Kier alpha value is -4.48. The number of hydrogen-bond donors (Lipinski definition) is 4. The van der Waals surface area contributed by atoms with Gasteiger partial charge in [0.25, 0.3) is 0 Å². The van der Waals surface area contributed by atoms with Crippen LogP contribution in [0.25, 0.3) is 11.0 Å². The molecule has 2 spiro atoms. The van der Waals surface area contributed by atoms with Crippen molar-refractivity contribution in [3.63, 3.8) is 0 Å². The summed E-state index contributed by atoms with van der Waals surface area (Å²) in [5.74, 6) is -4.35. The van der Waals surface area contributed by atoms with E-state index in [9.17, 15) is 42.5 Å². The number of aliphatic hydroxyl groups is 2. The third kappa shape index (κ3) is 20.3. The molecule has 2 aliphatic carbocycles. The topological polar surface area (TPSA) is 322 Å². The fourth-order valence-electron chi connectivity index (χ4n) is 10.0. The molecule has 0 amide bonds. The third-order valence-electron chi connectivity index (χ3n) is 14.4. The number of hydrogen-bond acceptors (Lipinski definition) is 24. The van der Waals surface area contributed by atoms with Gasteiger partial charge in [-0.3, -0.25) is 9.36 Å². The van der Waals surface area contributed by atoms with Gasteiger partial charge in [0.1, 0.15) is 47.3 Å². The fourth-order valence-corrected chi connectivity index (χ4v) is 10.4. The number of fused-ring (bicyclic) bond motifs is 1. The molecular weight excluding hydrogens is 1160 g/mol. The van der Waals surface area contributed by atoms with E-state index in [-0.39, 0.29) is 44.2 Å². The molecule has 4 aromatic rings. The normalized spacial score (nSPS) is 21.2. The number of rotatable bonds is 42. The summed E-state index contributed by atoms with van der Waals surface area (Å²) >= 11 is 0. The van der Waals surface area contributed by atoms with Crippen LogP contribution in [-0.2, 0) is 84.1 Å². The lowest BCUT2D eigenvalue weighted by Crippen LogP contribution is -2.58. The van der Waals surface area contributed by atoms with Crippen LogP contribution in [-0.4, -0.2) is 242 Å². The zero-order valence-corrected chi connectivity index (χ0v) is 48.5. The van der Waals surface area contributed by atoms with Gasteiger partial charge in [0.2, 0.25) is 5.75 Å². The summed E-state index contributed by atoms with van der Waals surface area (Å²) in [4.78, 5) is 41.8. The summed E-state index contributed by atoms with van der Waals surface area (Å²) in [5, 5.41) is 35.3. The average molecular weight is 1240 g/mol. The predicted molar refractivity (Wildman–Crippen MR) is 288 cm³/mol. The van der Waals surface area contributed by atoms with Crippen LogP contribution in [0.3, 0.4) is 0 Å². The molecule has 4 N–H and O–H groups in total. The number of esters is 1. The average Bonchev–Trinajstić information content (AvgIpc) is 1.58. The second kappa shape index (κ2) is 33.2. The van der Waals surface area contributed by atoms with Gasteiger partial charge in [-0.25, -0.2) is 32.5 Å². The van der Waals surface area contributed by atoms with Crippen molar-refractivity contribution in [2.75, 3.05) is 156 Å². The minimum Gasteiger partial charge on any atom is -0.420 e. The number of aromatic nitrogens is 7. The molecule has 2 saturated carbocycles. The monoisotopic (exact) mass is 1230 g/mol. The van der Waals surface area contributed by atoms with Crippen LogP contribution in [0.4, 0.5) is 19.0 Å². The molecule has 8 rings (SSSR count). The summed E-state index contributed by atoms with van der Waals surface area (Å²) in [5.41, 5.74) is 0.0138. The van der Waals surface area contributed by atoms with Gasteiger partial charge in [-0.2, -0.15) is 5.10 Å². The van der Waals surface area contributed by atoms with Gasteiger partial charge in [-0.05, 0) is 32.6 Å². The molecule has 3 aromatic heterocycles. The molecule has 28 nitrogen and oxygen atoms in total. The first-order chi connectivity index (χ1) is 41.1. The van der Waals surface area contributed by atoms with E-state index in [2.05, 4.69) is 30.0 Å². The number of ether oxygens (including phenoxy) is 14. The van der Waals surface area contributed by atoms with E-state index in [0.717, 1.165) is 44.6 Å². The van der Waals surface area contributed by atoms with Crippen LogP contribution in [0, 0.1) is 29.8 Å². The Morgan fingerprint density at radius 1 is 0.729 bits per heavy atom. The predicted octanol–water partition coefficient (Wildman–Crippen LogP) is 2.18. The number of benzene rings is 1. The Labute approximate surface area is 488 Å². The summed E-state index contributed by atoms with van der Waals surface area (Å²) in [6.45, 7) is 11.7. The van der Waals surface area contributed by atoms with Crippen LogP contribution in [0.5, 0.6) is 5.75 Å². The second-order valence-corrected chi connectivity index (χ2v) is 22.4. The highest BCUT2D eigenvalue weighted by Crippen LogP contribution is 2.56. The van der Waals surface area contributed by atoms with Crippen LogP contribution in [0.2, 0.25) is 0 Å². The van der Waals surface area contributed by atoms with E-state index < -0.39 is 73.3 Å². The molecule has 476 valence electrons. The maximum atomic E-state index is 13.6. The van der Waals surface area contributed by atoms with Crippen molar-refractivity contribution < 1.29 is 109 Å². The number of halogens is 3. The van der Waals surface area contributed by atoms with Crippen LogP contribution >= 0.6 is 7.60 Å². The van der Waals surface area contributed by atoms with E-state index in [0.29, 0.717) is 160 Å². The highest BCUT2D eigenvalue weighted by Gasteiger charge is 2.70. The lowest BCUT2D eigenvalue weighted by Gasteiger charge is -2.54. The zero-order chi connectivity index (χ0) is 60.1. The Morgan fingerprint density at radius 3 is 1.85 bits per heavy atom. The van der Waals surface area contributed by atoms with E-state index in [1.165, 1.54) is 4.68 Å².